The van der Waals surface area contributed by atoms with Crippen molar-refractivity contribution < 1.29 is 19.1 Å². The molecule has 4 aliphatic rings. The topological polar surface area (TPSA) is 91.0 Å². The van der Waals surface area contributed by atoms with Gasteiger partial charge in [0.25, 0.3) is 0 Å². The minimum Gasteiger partial charge on any atom is -0.373 e. The van der Waals surface area contributed by atoms with Crippen molar-refractivity contribution in [3.8, 4) is 0 Å². The van der Waals surface area contributed by atoms with Crippen LogP contribution in [0.25, 0.3) is 0 Å². The Morgan fingerprint density at radius 3 is 2.37 bits per heavy atom. The number of hydrogen-bond acceptors (Lipinski definition) is 6. The van der Waals surface area contributed by atoms with E-state index in [0.29, 0.717) is 6.54 Å². The van der Waals surface area contributed by atoms with Crippen LogP contribution in [0, 0.1) is 11.8 Å². The van der Waals surface area contributed by atoms with Gasteiger partial charge in [0.15, 0.2) is 0 Å². The van der Waals surface area contributed by atoms with E-state index in [9.17, 15) is 14.4 Å². The first-order valence-electron chi connectivity index (χ1n) is 9.81. The van der Waals surface area contributed by atoms with Gasteiger partial charge in [-0.2, -0.15) is 0 Å². The van der Waals surface area contributed by atoms with E-state index >= 15 is 0 Å². The fourth-order valence-corrected chi connectivity index (χ4v) is 4.83. The van der Waals surface area contributed by atoms with Crippen molar-refractivity contribution in [3.63, 3.8) is 0 Å². The third kappa shape index (κ3) is 3.72. The molecule has 2 bridgehead atoms. The minimum atomic E-state index is -0.751. The van der Waals surface area contributed by atoms with Gasteiger partial charge < -0.3 is 20.3 Å². The van der Waals surface area contributed by atoms with Crippen LogP contribution in [-0.2, 0) is 19.1 Å². The van der Waals surface area contributed by atoms with Gasteiger partial charge in [0.05, 0.1) is 24.0 Å². The zero-order chi connectivity index (χ0) is 18.3. The van der Waals surface area contributed by atoms with E-state index in [2.05, 4.69) is 15.5 Å². The van der Waals surface area contributed by atoms with E-state index in [1.807, 2.05) is 0 Å². The molecule has 3 amide bonds. The molecule has 4 aliphatic heterocycles. The lowest BCUT2D eigenvalue weighted by Crippen LogP contribution is -2.49. The third-order valence-corrected chi connectivity index (χ3v) is 6.25. The van der Waals surface area contributed by atoms with E-state index in [1.54, 1.807) is 6.92 Å². The van der Waals surface area contributed by atoms with Crippen LogP contribution in [0.15, 0.2) is 0 Å². The molecule has 152 valence electrons. The summed E-state index contributed by atoms with van der Waals surface area (Å²) in [4.78, 5) is 41.4. The number of hydrogen-bond donors (Lipinski definition) is 2. The number of piperazine rings is 1. The molecule has 9 heteroatoms. The van der Waals surface area contributed by atoms with Gasteiger partial charge in [0.2, 0.25) is 17.7 Å². The first-order chi connectivity index (χ1) is 12.6. The molecule has 0 aliphatic carbocycles. The van der Waals surface area contributed by atoms with E-state index in [4.69, 9.17) is 4.74 Å². The number of rotatable bonds is 6. The molecule has 0 saturated carbocycles. The summed E-state index contributed by atoms with van der Waals surface area (Å²) in [5.41, 5.74) is 0. The first-order valence-corrected chi connectivity index (χ1v) is 9.81. The molecule has 0 radical (unpaired) electrons. The number of ether oxygens (including phenoxy) is 1. The summed E-state index contributed by atoms with van der Waals surface area (Å²) in [5, 5.41) is 6.20. The van der Waals surface area contributed by atoms with Crippen LogP contribution in [0.2, 0.25) is 0 Å². The molecule has 4 heterocycles. The quantitative estimate of drug-likeness (QED) is 0.456. The monoisotopic (exact) mass is 400 g/mol. The molecule has 8 nitrogen and oxygen atoms in total. The Morgan fingerprint density at radius 1 is 1.19 bits per heavy atom. The maximum absolute atomic E-state index is 12.7. The molecule has 0 spiro atoms. The van der Waals surface area contributed by atoms with E-state index in [1.165, 1.54) is 4.90 Å². The van der Waals surface area contributed by atoms with Crippen molar-refractivity contribution in [2.24, 2.45) is 11.8 Å². The Kier molecular flexibility index (Phi) is 6.40. The van der Waals surface area contributed by atoms with Crippen LogP contribution in [0.5, 0.6) is 0 Å². The second-order valence-corrected chi connectivity index (χ2v) is 7.80. The number of carbonyl (C=O) groups is 3. The summed E-state index contributed by atoms with van der Waals surface area (Å²) in [6.45, 7) is 7.24. The highest BCUT2D eigenvalue weighted by molar-refractivity contribution is 6.09. The summed E-state index contributed by atoms with van der Waals surface area (Å²) in [7, 11) is 0. The Labute approximate surface area is 165 Å². The van der Waals surface area contributed by atoms with Crippen LogP contribution in [0.1, 0.15) is 26.2 Å². The number of nitrogens with one attached hydrogen (secondary N) is 2. The largest absolute Gasteiger partial charge is 0.373 e. The summed E-state index contributed by atoms with van der Waals surface area (Å²) in [5.74, 6) is -1.44. The number of nitrogens with zero attached hydrogens (tertiary/aromatic N) is 2. The maximum atomic E-state index is 12.7. The highest BCUT2D eigenvalue weighted by Crippen LogP contribution is 2.48. The van der Waals surface area contributed by atoms with Crippen molar-refractivity contribution in [1.82, 2.24) is 20.4 Å². The highest BCUT2D eigenvalue weighted by Gasteiger charge is 2.63. The molecule has 4 fully saturated rings. The van der Waals surface area contributed by atoms with Gasteiger partial charge in [-0.15, -0.1) is 12.4 Å². The van der Waals surface area contributed by atoms with Crippen molar-refractivity contribution in [2.75, 3.05) is 39.3 Å². The molecule has 0 aromatic carbocycles. The second-order valence-electron chi connectivity index (χ2n) is 7.80. The fraction of sp³-hybridized carbons (Fsp3) is 0.833. The molecule has 5 atom stereocenters. The predicted molar refractivity (Wildman–Crippen MR) is 100 cm³/mol. The van der Waals surface area contributed by atoms with Crippen molar-refractivity contribution in [3.05, 3.63) is 0 Å². The lowest BCUT2D eigenvalue weighted by atomic mass is 9.81. The molecule has 0 aromatic rings. The molecular formula is C18H29ClN4O4. The second kappa shape index (κ2) is 8.43. The molecule has 27 heavy (non-hydrogen) atoms. The van der Waals surface area contributed by atoms with Gasteiger partial charge in [-0.3, -0.25) is 19.3 Å². The van der Waals surface area contributed by atoms with Crippen molar-refractivity contribution in [2.45, 2.75) is 44.4 Å². The normalized spacial score (nSPS) is 33.7. The van der Waals surface area contributed by atoms with Gasteiger partial charge in [-0.05, 0) is 32.7 Å². The molecule has 4 rings (SSSR count). The zero-order valence-corrected chi connectivity index (χ0v) is 16.5. The molecule has 5 unspecified atom stereocenters. The number of fused-ring (bicyclic) bond motifs is 5. The maximum Gasteiger partial charge on any atom is 0.243 e. The number of amides is 3. The minimum absolute atomic E-state index is 0. The van der Waals surface area contributed by atoms with Crippen LogP contribution >= 0.6 is 12.4 Å². The Bertz CT molecular complexity index is 570. The standard InChI is InChI=1S/C18H28N4O4.ClH/c1-11(16(23)20-5-2-8-21-9-6-19-7-10-21)22-17(24)14-12-3-4-13(26-12)15(14)18(22)25;/h11-15,19H,2-10H2,1H3,(H,20,23);1H. The third-order valence-electron chi connectivity index (χ3n) is 6.25. The smallest absolute Gasteiger partial charge is 0.243 e. The van der Waals surface area contributed by atoms with Crippen molar-refractivity contribution >= 4 is 30.1 Å². The van der Waals surface area contributed by atoms with Gasteiger partial charge in [0, 0.05) is 32.7 Å². The van der Waals surface area contributed by atoms with Gasteiger partial charge >= 0.3 is 0 Å². The van der Waals surface area contributed by atoms with Gasteiger partial charge in [-0.1, -0.05) is 0 Å². The number of halogens is 1. The average molecular weight is 401 g/mol. The molecule has 0 aromatic heterocycles. The number of imide groups is 1. The molecular weight excluding hydrogens is 372 g/mol. The summed E-state index contributed by atoms with van der Waals surface area (Å²) >= 11 is 0. The Morgan fingerprint density at radius 2 is 1.78 bits per heavy atom. The summed E-state index contributed by atoms with van der Waals surface area (Å²) in [6.07, 6.45) is 2.27. The first kappa shape index (κ1) is 20.5. The van der Waals surface area contributed by atoms with E-state index < -0.39 is 6.04 Å². The van der Waals surface area contributed by atoms with Crippen molar-refractivity contribution in [1.29, 1.82) is 0 Å². The number of carbonyl (C=O) groups excluding carboxylic acids is 3. The lowest BCUT2D eigenvalue weighted by Gasteiger charge is -2.27. The lowest BCUT2D eigenvalue weighted by molar-refractivity contribution is -0.149. The molecule has 2 N–H and O–H groups in total. The van der Waals surface area contributed by atoms with E-state index in [-0.39, 0.29) is 54.2 Å². The van der Waals surface area contributed by atoms with Gasteiger partial charge in [0.1, 0.15) is 6.04 Å². The average Bonchev–Trinajstić information content (AvgIpc) is 3.33. The Hall–Kier alpha value is -1.22. The van der Waals surface area contributed by atoms with E-state index in [0.717, 1.165) is 52.0 Å². The SMILES string of the molecule is CC(C(=O)NCCCN1CCNCC1)N1C(=O)C2C3CCC(O3)C2C1=O.Cl. The van der Waals surface area contributed by atoms with Crippen LogP contribution in [0.3, 0.4) is 0 Å². The zero-order valence-electron chi connectivity index (χ0n) is 15.7. The molecule has 4 saturated heterocycles. The van der Waals surface area contributed by atoms with Crippen LogP contribution in [-0.4, -0.2) is 85.0 Å². The van der Waals surface area contributed by atoms with Gasteiger partial charge in [-0.25, -0.2) is 0 Å². The number of likely N-dealkylation sites (tertiary alicyclic amines) is 1. The highest BCUT2D eigenvalue weighted by atomic mass is 35.5. The van der Waals surface area contributed by atoms with Crippen LogP contribution < -0.4 is 10.6 Å². The predicted octanol–water partition coefficient (Wildman–Crippen LogP) is -0.629. The fourth-order valence-electron chi connectivity index (χ4n) is 4.83. The summed E-state index contributed by atoms with van der Waals surface area (Å²) < 4.78 is 5.73. The summed E-state index contributed by atoms with van der Waals surface area (Å²) in [6, 6.07) is -0.751. The van der Waals surface area contributed by atoms with Crippen LogP contribution in [0.4, 0.5) is 0 Å². The Balaban J connectivity index is 0.00000210.